The van der Waals surface area contributed by atoms with Gasteiger partial charge in [-0.2, -0.15) is 0 Å². The second-order valence-electron chi connectivity index (χ2n) is 9.91. The number of para-hydroxylation sites is 2. The summed E-state index contributed by atoms with van der Waals surface area (Å²) in [4.78, 5) is 29.9. The number of ether oxygens (including phenoxy) is 1. The van der Waals surface area contributed by atoms with Crippen LogP contribution in [0.2, 0.25) is 0 Å². The molecule has 1 aromatic carbocycles. The summed E-state index contributed by atoms with van der Waals surface area (Å²) in [6.07, 6.45) is 3.90. The van der Waals surface area contributed by atoms with Gasteiger partial charge in [0.2, 0.25) is 5.91 Å². The van der Waals surface area contributed by atoms with Crippen LogP contribution in [0.15, 0.2) is 24.3 Å². The summed E-state index contributed by atoms with van der Waals surface area (Å²) in [6, 6.07) is 7.97. The van der Waals surface area contributed by atoms with Crippen molar-refractivity contribution in [1.82, 2.24) is 20.2 Å². The number of carbonyl (C=O) groups is 2. The molecule has 2 saturated carbocycles. The molecule has 4 rings (SSSR count). The van der Waals surface area contributed by atoms with Gasteiger partial charge in [-0.1, -0.05) is 12.1 Å². The monoisotopic (exact) mass is 412 g/mol. The molecule has 1 unspecified atom stereocenters. The van der Waals surface area contributed by atoms with Crippen molar-refractivity contribution < 1.29 is 14.3 Å². The van der Waals surface area contributed by atoms with Gasteiger partial charge in [0, 0.05) is 12.5 Å². The Bertz CT molecular complexity index is 953. The molecule has 1 atom stereocenters. The van der Waals surface area contributed by atoms with E-state index in [1.807, 2.05) is 52.0 Å². The average molecular weight is 413 g/mol. The van der Waals surface area contributed by atoms with E-state index in [1.54, 1.807) is 0 Å². The molecule has 0 radical (unpaired) electrons. The molecule has 1 heterocycles. The van der Waals surface area contributed by atoms with E-state index in [1.165, 1.54) is 0 Å². The maximum Gasteiger partial charge on any atom is 0.407 e. The summed E-state index contributed by atoms with van der Waals surface area (Å²) >= 11 is 0. The fourth-order valence-electron chi connectivity index (χ4n) is 4.00. The van der Waals surface area contributed by atoms with Crippen molar-refractivity contribution in [1.29, 1.82) is 0 Å². The summed E-state index contributed by atoms with van der Waals surface area (Å²) < 4.78 is 7.40. The molecule has 2 aliphatic carbocycles. The molecule has 162 valence electrons. The molecule has 2 aliphatic rings. The van der Waals surface area contributed by atoms with Gasteiger partial charge in [-0.3, -0.25) is 4.79 Å². The van der Waals surface area contributed by atoms with Crippen molar-refractivity contribution in [2.75, 3.05) is 6.54 Å². The minimum Gasteiger partial charge on any atom is -0.444 e. The van der Waals surface area contributed by atoms with Crippen molar-refractivity contribution in [3.05, 3.63) is 30.1 Å². The number of aromatic nitrogens is 2. The minimum absolute atomic E-state index is 0.0551. The molecule has 0 saturated heterocycles. The molecule has 2 aromatic rings. The lowest BCUT2D eigenvalue weighted by atomic mass is 9.95. The van der Waals surface area contributed by atoms with E-state index in [0.29, 0.717) is 18.4 Å². The van der Waals surface area contributed by atoms with Gasteiger partial charge in [-0.15, -0.1) is 0 Å². The Morgan fingerprint density at radius 2 is 1.83 bits per heavy atom. The third kappa shape index (κ3) is 4.77. The van der Waals surface area contributed by atoms with Crippen molar-refractivity contribution in [3.63, 3.8) is 0 Å². The molecule has 1 aromatic heterocycles. The number of alkyl carbamates (subject to hydrolysis) is 1. The maximum atomic E-state index is 13.1. The van der Waals surface area contributed by atoms with Crippen LogP contribution in [0.1, 0.15) is 65.1 Å². The van der Waals surface area contributed by atoms with Crippen LogP contribution < -0.4 is 10.6 Å². The Hall–Kier alpha value is -2.57. The fourth-order valence-corrected chi connectivity index (χ4v) is 4.00. The van der Waals surface area contributed by atoms with Gasteiger partial charge >= 0.3 is 6.09 Å². The van der Waals surface area contributed by atoms with E-state index < -0.39 is 17.2 Å². The number of imidazole rings is 1. The zero-order valence-electron chi connectivity index (χ0n) is 18.3. The summed E-state index contributed by atoms with van der Waals surface area (Å²) in [6.45, 7) is 8.09. The molecule has 7 nitrogen and oxygen atoms in total. The first kappa shape index (κ1) is 20.7. The highest BCUT2D eigenvalue weighted by atomic mass is 16.6. The Morgan fingerprint density at radius 1 is 1.13 bits per heavy atom. The zero-order valence-corrected chi connectivity index (χ0v) is 18.3. The first-order valence-corrected chi connectivity index (χ1v) is 10.9. The van der Waals surface area contributed by atoms with Crippen LogP contribution in [-0.2, 0) is 16.1 Å². The van der Waals surface area contributed by atoms with Crippen molar-refractivity contribution in [3.8, 4) is 0 Å². The predicted molar refractivity (Wildman–Crippen MR) is 115 cm³/mol. The topological polar surface area (TPSA) is 85.3 Å². The standard InChI is InChI=1S/C23H32N4O3/c1-22(2,3)30-21(29)24-14-23(4,16-11-12-16)26-19(28)13-27-18-8-6-5-7-17(18)25-20(27)15-9-10-15/h5-8,15-16H,9-14H2,1-4H3,(H,24,29)(H,26,28). The Morgan fingerprint density at radius 3 is 2.47 bits per heavy atom. The number of rotatable bonds is 7. The number of hydrogen-bond donors (Lipinski definition) is 2. The van der Waals surface area contributed by atoms with Crippen LogP contribution in [0.5, 0.6) is 0 Å². The molecule has 2 fully saturated rings. The Kier molecular flexibility index (Phi) is 5.24. The van der Waals surface area contributed by atoms with Crippen molar-refractivity contribution in [2.45, 2.75) is 77.0 Å². The molecule has 7 heteroatoms. The van der Waals surface area contributed by atoms with Crippen LogP contribution >= 0.6 is 0 Å². The lowest BCUT2D eigenvalue weighted by molar-refractivity contribution is -0.123. The SMILES string of the molecule is CC(C)(C)OC(=O)NCC(C)(NC(=O)Cn1c(C2CC2)nc2ccccc21)C1CC1. The van der Waals surface area contributed by atoms with E-state index in [4.69, 9.17) is 9.72 Å². The number of amides is 2. The minimum atomic E-state index is -0.551. The molecule has 0 spiro atoms. The largest absolute Gasteiger partial charge is 0.444 e. The zero-order chi connectivity index (χ0) is 21.5. The molecule has 30 heavy (non-hydrogen) atoms. The third-order valence-corrected chi connectivity index (χ3v) is 5.83. The highest BCUT2D eigenvalue weighted by Gasteiger charge is 2.43. The van der Waals surface area contributed by atoms with Gasteiger partial charge in [0.15, 0.2) is 0 Å². The van der Waals surface area contributed by atoms with Crippen LogP contribution in [0.4, 0.5) is 4.79 Å². The summed E-state index contributed by atoms with van der Waals surface area (Å²) in [5, 5.41) is 6.04. The van der Waals surface area contributed by atoms with Crippen LogP contribution in [0.3, 0.4) is 0 Å². The number of nitrogens with zero attached hydrogens (tertiary/aromatic N) is 2. The van der Waals surface area contributed by atoms with Crippen LogP contribution in [0, 0.1) is 5.92 Å². The van der Waals surface area contributed by atoms with Gasteiger partial charge in [-0.05, 0) is 71.4 Å². The quantitative estimate of drug-likeness (QED) is 0.726. The molecule has 0 aliphatic heterocycles. The number of hydrogen-bond acceptors (Lipinski definition) is 4. The first-order chi connectivity index (χ1) is 14.1. The normalized spacial score (nSPS) is 18.7. The van der Waals surface area contributed by atoms with E-state index in [9.17, 15) is 9.59 Å². The van der Waals surface area contributed by atoms with Gasteiger partial charge in [0.1, 0.15) is 18.0 Å². The van der Waals surface area contributed by atoms with Gasteiger partial charge in [0.25, 0.3) is 0 Å². The highest BCUT2D eigenvalue weighted by Crippen LogP contribution is 2.41. The number of nitrogens with one attached hydrogen (secondary N) is 2. The average Bonchev–Trinajstić information content (AvgIpc) is 3.56. The second kappa shape index (κ2) is 7.60. The van der Waals surface area contributed by atoms with Gasteiger partial charge in [-0.25, -0.2) is 9.78 Å². The maximum absolute atomic E-state index is 13.1. The molecular formula is C23H32N4O3. The van der Waals surface area contributed by atoms with Crippen LogP contribution in [-0.4, -0.2) is 39.2 Å². The molecule has 2 N–H and O–H groups in total. The number of carbonyl (C=O) groups excluding carboxylic acids is 2. The second-order valence-corrected chi connectivity index (χ2v) is 9.91. The van der Waals surface area contributed by atoms with E-state index >= 15 is 0 Å². The smallest absolute Gasteiger partial charge is 0.407 e. The lowest BCUT2D eigenvalue weighted by Crippen LogP contribution is -2.56. The Labute approximate surface area is 177 Å². The third-order valence-electron chi connectivity index (χ3n) is 5.83. The Balaban J connectivity index is 1.45. The molecule has 2 amide bonds. The highest BCUT2D eigenvalue weighted by molar-refractivity contribution is 5.82. The predicted octanol–water partition coefficient (Wildman–Crippen LogP) is 3.72. The number of benzene rings is 1. The van der Waals surface area contributed by atoms with E-state index in [0.717, 1.165) is 42.5 Å². The number of fused-ring (bicyclic) bond motifs is 1. The molecular weight excluding hydrogens is 380 g/mol. The first-order valence-electron chi connectivity index (χ1n) is 10.9. The van der Waals surface area contributed by atoms with E-state index in [-0.39, 0.29) is 12.5 Å². The van der Waals surface area contributed by atoms with Crippen molar-refractivity contribution >= 4 is 23.0 Å². The van der Waals surface area contributed by atoms with Crippen LogP contribution in [0.25, 0.3) is 11.0 Å². The van der Waals surface area contributed by atoms with Gasteiger partial charge in [0.05, 0.1) is 16.6 Å². The lowest BCUT2D eigenvalue weighted by Gasteiger charge is -2.32. The van der Waals surface area contributed by atoms with E-state index in [2.05, 4.69) is 15.2 Å². The summed E-state index contributed by atoms with van der Waals surface area (Å²) in [5.41, 5.74) is 0.882. The summed E-state index contributed by atoms with van der Waals surface area (Å²) in [7, 11) is 0. The van der Waals surface area contributed by atoms with Gasteiger partial charge < -0.3 is 19.9 Å². The fraction of sp³-hybridized carbons (Fsp3) is 0.609. The summed E-state index contributed by atoms with van der Waals surface area (Å²) in [5.74, 6) is 1.76. The van der Waals surface area contributed by atoms with Crippen molar-refractivity contribution in [2.24, 2.45) is 5.92 Å². The molecule has 0 bridgehead atoms.